The SMILES string of the molecule is NCc1nncn1CCCc1ccccc1. The first kappa shape index (κ1) is 10.8. The summed E-state index contributed by atoms with van der Waals surface area (Å²) in [5.41, 5.74) is 6.92. The smallest absolute Gasteiger partial charge is 0.146 e. The van der Waals surface area contributed by atoms with E-state index in [4.69, 9.17) is 5.73 Å². The van der Waals surface area contributed by atoms with Gasteiger partial charge in [0.1, 0.15) is 12.2 Å². The first-order valence-corrected chi connectivity index (χ1v) is 5.51. The van der Waals surface area contributed by atoms with Gasteiger partial charge in [-0.15, -0.1) is 10.2 Å². The van der Waals surface area contributed by atoms with Crippen LogP contribution < -0.4 is 5.73 Å². The lowest BCUT2D eigenvalue weighted by atomic mass is 10.1. The van der Waals surface area contributed by atoms with Crippen LogP contribution in [0.3, 0.4) is 0 Å². The summed E-state index contributed by atoms with van der Waals surface area (Å²) in [6.07, 6.45) is 3.89. The minimum atomic E-state index is 0.450. The molecule has 0 fully saturated rings. The molecule has 0 saturated carbocycles. The second kappa shape index (κ2) is 5.42. The zero-order valence-electron chi connectivity index (χ0n) is 9.21. The first-order valence-electron chi connectivity index (χ1n) is 5.51. The van der Waals surface area contributed by atoms with E-state index >= 15 is 0 Å². The van der Waals surface area contributed by atoms with Crippen LogP contribution in [0, 0.1) is 0 Å². The predicted molar refractivity (Wildman–Crippen MR) is 62.7 cm³/mol. The highest BCUT2D eigenvalue weighted by Crippen LogP contribution is 2.04. The van der Waals surface area contributed by atoms with E-state index in [1.807, 2.05) is 10.6 Å². The maximum absolute atomic E-state index is 5.55. The van der Waals surface area contributed by atoms with E-state index in [0.717, 1.165) is 25.2 Å². The van der Waals surface area contributed by atoms with Crippen LogP contribution in [0.4, 0.5) is 0 Å². The molecular weight excluding hydrogens is 200 g/mol. The fraction of sp³-hybridized carbons (Fsp3) is 0.333. The molecule has 2 aromatic rings. The van der Waals surface area contributed by atoms with Gasteiger partial charge >= 0.3 is 0 Å². The third-order valence-electron chi connectivity index (χ3n) is 2.59. The van der Waals surface area contributed by atoms with Crippen molar-refractivity contribution in [2.75, 3.05) is 0 Å². The molecule has 0 aliphatic carbocycles. The molecule has 4 heteroatoms. The summed E-state index contributed by atoms with van der Waals surface area (Å²) in [5.74, 6) is 0.855. The first-order chi connectivity index (χ1) is 7.90. The molecule has 16 heavy (non-hydrogen) atoms. The molecule has 0 spiro atoms. The molecule has 0 atom stereocenters. The van der Waals surface area contributed by atoms with Crippen molar-refractivity contribution in [3.63, 3.8) is 0 Å². The van der Waals surface area contributed by atoms with Gasteiger partial charge in [-0.2, -0.15) is 0 Å². The van der Waals surface area contributed by atoms with Crippen molar-refractivity contribution in [3.8, 4) is 0 Å². The van der Waals surface area contributed by atoms with Gasteiger partial charge in [-0.05, 0) is 18.4 Å². The Morgan fingerprint density at radius 1 is 1.19 bits per heavy atom. The normalized spacial score (nSPS) is 10.6. The highest BCUT2D eigenvalue weighted by Gasteiger charge is 2.01. The molecule has 0 unspecified atom stereocenters. The highest BCUT2D eigenvalue weighted by molar-refractivity contribution is 5.14. The monoisotopic (exact) mass is 216 g/mol. The van der Waals surface area contributed by atoms with Crippen molar-refractivity contribution in [1.82, 2.24) is 14.8 Å². The topological polar surface area (TPSA) is 56.7 Å². The Labute approximate surface area is 95.1 Å². The molecule has 0 amide bonds. The molecule has 0 bridgehead atoms. The molecule has 1 aromatic heterocycles. The Morgan fingerprint density at radius 3 is 2.75 bits per heavy atom. The zero-order chi connectivity index (χ0) is 11.2. The number of benzene rings is 1. The quantitative estimate of drug-likeness (QED) is 0.821. The lowest BCUT2D eigenvalue weighted by molar-refractivity contribution is 0.611. The van der Waals surface area contributed by atoms with E-state index in [2.05, 4.69) is 34.5 Å². The summed E-state index contributed by atoms with van der Waals surface area (Å²) >= 11 is 0. The largest absolute Gasteiger partial charge is 0.324 e. The molecule has 0 saturated heterocycles. The average molecular weight is 216 g/mol. The van der Waals surface area contributed by atoms with Crippen molar-refractivity contribution in [2.24, 2.45) is 5.73 Å². The molecule has 84 valence electrons. The molecule has 4 nitrogen and oxygen atoms in total. The number of aryl methyl sites for hydroxylation is 2. The van der Waals surface area contributed by atoms with Crippen molar-refractivity contribution in [3.05, 3.63) is 48.0 Å². The van der Waals surface area contributed by atoms with Crippen LogP contribution in [0.15, 0.2) is 36.7 Å². The van der Waals surface area contributed by atoms with Crippen LogP contribution in [0.2, 0.25) is 0 Å². The number of nitrogens with zero attached hydrogens (tertiary/aromatic N) is 3. The van der Waals surface area contributed by atoms with Crippen molar-refractivity contribution >= 4 is 0 Å². The summed E-state index contributed by atoms with van der Waals surface area (Å²) in [7, 11) is 0. The van der Waals surface area contributed by atoms with Crippen molar-refractivity contribution in [2.45, 2.75) is 25.9 Å². The Morgan fingerprint density at radius 2 is 2.00 bits per heavy atom. The number of nitrogens with two attached hydrogens (primary N) is 1. The van der Waals surface area contributed by atoms with Crippen molar-refractivity contribution in [1.29, 1.82) is 0 Å². The molecular formula is C12H16N4. The third kappa shape index (κ3) is 2.67. The number of aromatic nitrogens is 3. The van der Waals surface area contributed by atoms with Gasteiger partial charge < -0.3 is 10.3 Å². The average Bonchev–Trinajstić information content (AvgIpc) is 2.78. The number of hydrogen-bond acceptors (Lipinski definition) is 3. The summed E-state index contributed by atoms with van der Waals surface area (Å²) in [4.78, 5) is 0. The lowest BCUT2D eigenvalue weighted by Gasteiger charge is -2.04. The Bertz CT molecular complexity index is 422. The van der Waals surface area contributed by atoms with E-state index in [-0.39, 0.29) is 0 Å². The van der Waals surface area contributed by atoms with Gasteiger partial charge in [0, 0.05) is 6.54 Å². The maximum Gasteiger partial charge on any atom is 0.146 e. The minimum Gasteiger partial charge on any atom is -0.324 e. The third-order valence-corrected chi connectivity index (χ3v) is 2.59. The van der Waals surface area contributed by atoms with Crippen LogP contribution >= 0.6 is 0 Å². The van der Waals surface area contributed by atoms with Gasteiger partial charge in [-0.25, -0.2) is 0 Å². The minimum absolute atomic E-state index is 0.450. The van der Waals surface area contributed by atoms with Gasteiger partial charge in [0.2, 0.25) is 0 Å². The molecule has 1 aromatic carbocycles. The molecule has 2 rings (SSSR count). The molecule has 2 N–H and O–H groups in total. The van der Waals surface area contributed by atoms with Gasteiger partial charge in [-0.1, -0.05) is 30.3 Å². The second-order valence-electron chi connectivity index (χ2n) is 3.73. The van der Waals surface area contributed by atoms with Crippen LogP contribution in [-0.4, -0.2) is 14.8 Å². The number of hydrogen-bond donors (Lipinski definition) is 1. The summed E-state index contributed by atoms with van der Waals surface area (Å²) < 4.78 is 2.02. The van der Waals surface area contributed by atoms with Gasteiger partial charge in [0.05, 0.1) is 6.54 Å². The highest BCUT2D eigenvalue weighted by atomic mass is 15.3. The van der Waals surface area contributed by atoms with E-state index in [0.29, 0.717) is 6.54 Å². The fourth-order valence-corrected chi connectivity index (χ4v) is 1.72. The van der Waals surface area contributed by atoms with E-state index in [1.165, 1.54) is 5.56 Å². The standard InChI is InChI=1S/C12H16N4/c13-9-12-15-14-10-16(12)8-4-7-11-5-2-1-3-6-11/h1-3,5-6,10H,4,7-9,13H2. The second-order valence-corrected chi connectivity index (χ2v) is 3.73. The van der Waals surface area contributed by atoms with E-state index < -0.39 is 0 Å². The van der Waals surface area contributed by atoms with Gasteiger partial charge in [-0.3, -0.25) is 0 Å². The van der Waals surface area contributed by atoms with Crippen LogP contribution in [0.1, 0.15) is 17.8 Å². The van der Waals surface area contributed by atoms with E-state index in [9.17, 15) is 0 Å². The van der Waals surface area contributed by atoms with Gasteiger partial charge in [0.25, 0.3) is 0 Å². The van der Waals surface area contributed by atoms with Gasteiger partial charge in [0.15, 0.2) is 0 Å². The molecule has 0 radical (unpaired) electrons. The van der Waals surface area contributed by atoms with Crippen LogP contribution in [0.25, 0.3) is 0 Å². The maximum atomic E-state index is 5.55. The lowest BCUT2D eigenvalue weighted by Crippen LogP contribution is -2.08. The molecule has 0 aliphatic rings. The predicted octanol–water partition coefficient (Wildman–Crippen LogP) is 1.37. The van der Waals surface area contributed by atoms with E-state index in [1.54, 1.807) is 6.33 Å². The van der Waals surface area contributed by atoms with Crippen molar-refractivity contribution < 1.29 is 0 Å². The van der Waals surface area contributed by atoms with Crippen LogP contribution in [0.5, 0.6) is 0 Å². The summed E-state index contributed by atoms with van der Waals surface area (Å²) in [5, 5.41) is 7.80. The fourth-order valence-electron chi connectivity index (χ4n) is 1.72. The Balaban J connectivity index is 1.85. The molecule has 1 heterocycles. The zero-order valence-corrected chi connectivity index (χ0v) is 9.21. The summed E-state index contributed by atoms with van der Waals surface area (Å²) in [6.45, 7) is 1.37. The Kier molecular flexibility index (Phi) is 3.66. The molecule has 0 aliphatic heterocycles. The number of rotatable bonds is 5. The Hall–Kier alpha value is -1.68. The summed E-state index contributed by atoms with van der Waals surface area (Å²) in [6, 6.07) is 10.5. The van der Waals surface area contributed by atoms with Crippen LogP contribution in [-0.2, 0) is 19.5 Å².